The number of rotatable bonds is 5. The second-order valence-electron chi connectivity index (χ2n) is 4.85. The summed E-state index contributed by atoms with van der Waals surface area (Å²) in [6, 6.07) is 0. The molecule has 0 amide bonds. The summed E-state index contributed by atoms with van der Waals surface area (Å²) in [6.45, 7) is 5.47. The quantitative estimate of drug-likeness (QED) is 0.558. The van der Waals surface area contributed by atoms with Crippen molar-refractivity contribution in [1.29, 1.82) is 0 Å². The van der Waals surface area contributed by atoms with Gasteiger partial charge in [0.25, 0.3) is 0 Å². The zero-order chi connectivity index (χ0) is 15.6. The van der Waals surface area contributed by atoms with E-state index in [0.29, 0.717) is 12.2 Å². The van der Waals surface area contributed by atoms with Crippen molar-refractivity contribution in [3.63, 3.8) is 0 Å². The molecule has 0 radical (unpaired) electrons. The van der Waals surface area contributed by atoms with Crippen LogP contribution in [0.5, 0.6) is 0 Å². The number of esters is 1. The number of ether oxygens (including phenoxy) is 1. The maximum Gasteiger partial charge on any atom is 0.310 e. The molecular weight excluding hydrogens is 387 g/mol. The van der Waals surface area contributed by atoms with Crippen molar-refractivity contribution in [3.8, 4) is 11.5 Å². The molecule has 9 heteroatoms. The summed E-state index contributed by atoms with van der Waals surface area (Å²) >= 11 is 2.16. The highest BCUT2D eigenvalue weighted by molar-refractivity contribution is 14.1. The molecule has 0 saturated carbocycles. The van der Waals surface area contributed by atoms with Gasteiger partial charge in [0.1, 0.15) is 5.69 Å². The molecule has 0 fully saturated rings. The molecule has 0 saturated heterocycles. The first-order valence-corrected chi connectivity index (χ1v) is 7.69. The van der Waals surface area contributed by atoms with Gasteiger partial charge in [-0.15, -0.1) is 15.0 Å². The van der Waals surface area contributed by atoms with Crippen molar-refractivity contribution >= 4 is 28.6 Å². The summed E-state index contributed by atoms with van der Waals surface area (Å²) in [5, 5.41) is 16.5. The Balaban J connectivity index is 2.24. The second-order valence-corrected chi connectivity index (χ2v) is 6.01. The third-order valence-electron chi connectivity index (χ3n) is 2.86. The molecule has 1 unspecified atom stereocenters. The summed E-state index contributed by atoms with van der Waals surface area (Å²) in [6.07, 6.45) is 1.75. The van der Waals surface area contributed by atoms with E-state index in [4.69, 9.17) is 4.74 Å². The van der Waals surface area contributed by atoms with Crippen LogP contribution in [0.25, 0.3) is 11.5 Å². The van der Waals surface area contributed by atoms with Crippen LogP contribution >= 0.6 is 22.6 Å². The zero-order valence-electron chi connectivity index (χ0n) is 12.3. The van der Waals surface area contributed by atoms with Crippen molar-refractivity contribution in [2.75, 3.05) is 0 Å². The molecule has 0 aromatic carbocycles. The number of carbonyl (C=O) groups excluding carboxylic acids is 1. The third kappa shape index (κ3) is 3.39. The number of halogens is 1. The van der Waals surface area contributed by atoms with Gasteiger partial charge in [0.05, 0.1) is 15.7 Å². The van der Waals surface area contributed by atoms with Crippen molar-refractivity contribution in [3.05, 3.63) is 9.77 Å². The minimum absolute atomic E-state index is 0.194. The number of aromatic nitrogens is 6. The molecule has 2 heterocycles. The Hall–Kier alpha value is -1.52. The molecule has 0 aliphatic rings. The Bertz CT molecular complexity index is 616. The molecule has 0 aliphatic heterocycles. The van der Waals surface area contributed by atoms with Crippen LogP contribution in [0.15, 0.2) is 6.20 Å². The number of tetrazole rings is 1. The standard InChI is InChI=1S/C12H17IN6O2/c1-5-9(21-12(20)7(2)3)19-16-11(15-17-19)10-8(13)6-14-18(10)4/h6-7,9H,5H2,1-4H3. The van der Waals surface area contributed by atoms with Crippen LogP contribution < -0.4 is 0 Å². The molecule has 8 nitrogen and oxygen atoms in total. The Morgan fingerprint density at radius 1 is 1.48 bits per heavy atom. The maximum absolute atomic E-state index is 11.7. The van der Waals surface area contributed by atoms with Crippen LogP contribution in [0.1, 0.15) is 33.4 Å². The monoisotopic (exact) mass is 404 g/mol. The van der Waals surface area contributed by atoms with Gasteiger partial charge >= 0.3 is 5.97 Å². The maximum atomic E-state index is 11.7. The SMILES string of the molecule is CCC(OC(=O)C(C)C)n1nnc(-c2c(I)cnn2C)n1. The molecule has 0 aliphatic carbocycles. The topological polar surface area (TPSA) is 87.7 Å². The first-order chi connectivity index (χ1) is 9.93. The second kappa shape index (κ2) is 6.50. The number of hydrogen-bond acceptors (Lipinski definition) is 6. The molecule has 0 N–H and O–H groups in total. The van der Waals surface area contributed by atoms with Crippen molar-refractivity contribution in [2.24, 2.45) is 13.0 Å². The first kappa shape index (κ1) is 15.9. The summed E-state index contributed by atoms with van der Waals surface area (Å²) in [7, 11) is 1.81. The van der Waals surface area contributed by atoms with E-state index in [-0.39, 0.29) is 11.9 Å². The minimum atomic E-state index is -0.549. The van der Waals surface area contributed by atoms with Gasteiger partial charge in [0.15, 0.2) is 0 Å². The smallest absolute Gasteiger partial charge is 0.310 e. The van der Waals surface area contributed by atoms with Gasteiger partial charge in [-0.2, -0.15) is 5.10 Å². The van der Waals surface area contributed by atoms with Crippen molar-refractivity contribution in [1.82, 2.24) is 30.0 Å². The van der Waals surface area contributed by atoms with Gasteiger partial charge in [-0.3, -0.25) is 9.48 Å². The Kier molecular flexibility index (Phi) is 4.91. The van der Waals surface area contributed by atoms with E-state index in [0.717, 1.165) is 9.26 Å². The Morgan fingerprint density at radius 2 is 2.19 bits per heavy atom. The number of hydrogen-bond donors (Lipinski definition) is 0. The predicted molar refractivity (Wildman–Crippen MR) is 83.0 cm³/mol. The van der Waals surface area contributed by atoms with Crippen LogP contribution in [0, 0.1) is 9.49 Å². The Labute approximate surface area is 136 Å². The average molecular weight is 404 g/mol. The van der Waals surface area contributed by atoms with E-state index >= 15 is 0 Å². The van der Waals surface area contributed by atoms with Crippen LogP contribution in [-0.4, -0.2) is 36.0 Å². The summed E-state index contributed by atoms with van der Waals surface area (Å²) in [5.41, 5.74) is 0.784. The van der Waals surface area contributed by atoms with Crippen LogP contribution in [0.4, 0.5) is 0 Å². The number of aryl methyl sites for hydroxylation is 1. The molecule has 0 bridgehead atoms. The molecular formula is C12H17IN6O2. The van der Waals surface area contributed by atoms with E-state index in [2.05, 4.69) is 43.1 Å². The van der Waals surface area contributed by atoms with Gasteiger partial charge < -0.3 is 4.74 Å². The number of carbonyl (C=O) groups is 1. The summed E-state index contributed by atoms with van der Waals surface area (Å²) in [4.78, 5) is 13.0. The summed E-state index contributed by atoms with van der Waals surface area (Å²) < 4.78 is 7.99. The van der Waals surface area contributed by atoms with Gasteiger partial charge in [-0.1, -0.05) is 20.8 Å². The lowest BCUT2D eigenvalue weighted by Crippen LogP contribution is -2.22. The van der Waals surface area contributed by atoms with Crippen molar-refractivity contribution in [2.45, 2.75) is 33.4 Å². The fraction of sp³-hybridized carbons (Fsp3) is 0.583. The lowest BCUT2D eigenvalue weighted by atomic mass is 10.2. The van der Waals surface area contributed by atoms with E-state index in [1.54, 1.807) is 24.7 Å². The third-order valence-corrected chi connectivity index (χ3v) is 3.65. The normalized spacial score (nSPS) is 12.7. The lowest BCUT2D eigenvalue weighted by molar-refractivity contribution is -0.159. The molecule has 21 heavy (non-hydrogen) atoms. The minimum Gasteiger partial charge on any atom is -0.438 e. The highest BCUT2D eigenvalue weighted by Gasteiger charge is 2.21. The fourth-order valence-electron chi connectivity index (χ4n) is 1.67. The number of nitrogens with zero attached hydrogens (tertiary/aromatic N) is 6. The van der Waals surface area contributed by atoms with Crippen molar-refractivity contribution < 1.29 is 9.53 Å². The van der Waals surface area contributed by atoms with Gasteiger partial charge in [0, 0.05) is 13.5 Å². The van der Waals surface area contributed by atoms with E-state index < -0.39 is 6.23 Å². The highest BCUT2D eigenvalue weighted by atomic mass is 127. The van der Waals surface area contributed by atoms with Gasteiger partial charge in [0.2, 0.25) is 12.1 Å². The molecule has 0 spiro atoms. The molecule has 1 atom stereocenters. The van der Waals surface area contributed by atoms with E-state index in [1.807, 2.05) is 14.0 Å². The highest BCUT2D eigenvalue weighted by Crippen LogP contribution is 2.21. The Morgan fingerprint density at radius 3 is 2.71 bits per heavy atom. The van der Waals surface area contributed by atoms with E-state index in [1.165, 1.54) is 4.80 Å². The molecule has 2 rings (SSSR count). The zero-order valence-corrected chi connectivity index (χ0v) is 14.5. The fourth-order valence-corrected chi connectivity index (χ4v) is 2.38. The van der Waals surface area contributed by atoms with Crippen LogP contribution in [0.3, 0.4) is 0 Å². The predicted octanol–water partition coefficient (Wildman–Crippen LogP) is 1.79. The molecule has 114 valence electrons. The van der Waals surface area contributed by atoms with Gasteiger partial charge in [-0.25, -0.2) is 0 Å². The molecule has 2 aromatic rings. The largest absolute Gasteiger partial charge is 0.438 e. The lowest BCUT2D eigenvalue weighted by Gasteiger charge is -2.15. The van der Waals surface area contributed by atoms with Crippen LogP contribution in [-0.2, 0) is 16.6 Å². The van der Waals surface area contributed by atoms with Crippen LogP contribution in [0.2, 0.25) is 0 Å². The first-order valence-electron chi connectivity index (χ1n) is 6.61. The van der Waals surface area contributed by atoms with Gasteiger partial charge in [-0.05, 0) is 27.8 Å². The van der Waals surface area contributed by atoms with E-state index in [9.17, 15) is 4.79 Å². The summed E-state index contributed by atoms with van der Waals surface area (Å²) in [5.74, 6) is -0.0191. The molecule has 2 aromatic heterocycles. The average Bonchev–Trinajstić information content (AvgIpc) is 3.02.